The predicted molar refractivity (Wildman–Crippen MR) is 71.1 cm³/mol. The fourth-order valence-electron chi connectivity index (χ4n) is 2.22. The number of halogens is 1. The number of ether oxygens (including phenoxy) is 1. The fourth-order valence-corrected chi connectivity index (χ4v) is 2.54. The maximum atomic E-state index is 6.00. The SMILES string of the molecule is CC(C)Oc1cccnc1N1CCCC1CCl. The van der Waals surface area contributed by atoms with Gasteiger partial charge in [0.25, 0.3) is 0 Å². The molecule has 0 amide bonds. The topological polar surface area (TPSA) is 25.4 Å². The number of pyridine rings is 1. The average Bonchev–Trinajstić information content (AvgIpc) is 2.77. The first-order valence-corrected chi connectivity index (χ1v) is 6.70. The third kappa shape index (κ3) is 2.83. The normalized spacial score (nSPS) is 20.0. The summed E-state index contributed by atoms with van der Waals surface area (Å²) in [7, 11) is 0. The minimum Gasteiger partial charge on any atom is -0.487 e. The van der Waals surface area contributed by atoms with Gasteiger partial charge in [-0.3, -0.25) is 0 Å². The van der Waals surface area contributed by atoms with Gasteiger partial charge in [0, 0.05) is 24.7 Å². The molecule has 1 aromatic rings. The van der Waals surface area contributed by atoms with Crippen LogP contribution < -0.4 is 9.64 Å². The molecule has 17 heavy (non-hydrogen) atoms. The van der Waals surface area contributed by atoms with E-state index in [1.807, 2.05) is 32.2 Å². The Bertz CT molecular complexity index is 370. The second-order valence-corrected chi connectivity index (χ2v) is 4.94. The van der Waals surface area contributed by atoms with E-state index in [1.54, 1.807) is 0 Å². The lowest BCUT2D eigenvalue weighted by atomic mass is 10.2. The smallest absolute Gasteiger partial charge is 0.171 e. The van der Waals surface area contributed by atoms with Crippen molar-refractivity contribution in [1.29, 1.82) is 0 Å². The van der Waals surface area contributed by atoms with Crippen molar-refractivity contribution in [3.8, 4) is 5.75 Å². The lowest BCUT2D eigenvalue weighted by molar-refractivity contribution is 0.242. The van der Waals surface area contributed by atoms with Gasteiger partial charge >= 0.3 is 0 Å². The van der Waals surface area contributed by atoms with Gasteiger partial charge in [-0.15, -0.1) is 11.6 Å². The molecule has 1 unspecified atom stereocenters. The van der Waals surface area contributed by atoms with Crippen molar-refractivity contribution in [2.24, 2.45) is 0 Å². The second kappa shape index (κ2) is 5.58. The summed E-state index contributed by atoms with van der Waals surface area (Å²) in [6, 6.07) is 4.28. The summed E-state index contributed by atoms with van der Waals surface area (Å²) in [6.45, 7) is 5.07. The summed E-state index contributed by atoms with van der Waals surface area (Å²) in [5, 5.41) is 0. The Labute approximate surface area is 108 Å². The predicted octanol–water partition coefficient (Wildman–Crippen LogP) is 3.08. The molecule has 1 fully saturated rings. The second-order valence-electron chi connectivity index (χ2n) is 4.64. The molecule has 1 saturated heterocycles. The molecule has 0 saturated carbocycles. The van der Waals surface area contributed by atoms with Crippen LogP contribution in [0.3, 0.4) is 0 Å². The molecular formula is C13H19ClN2O. The molecule has 1 aromatic heterocycles. The van der Waals surface area contributed by atoms with Crippen LogP contribution in [0.2, 0.25) is 0 Å². The monoisotopic (exact) mass is 254 g/mol. The lowest BCUT2D eigenvalue weighted by Crippen LogP contribution is -2.31. The highest BCUT2D eigenvalue weighted by Crippen LogP contribution is 2.32. The first-order valence-electron chi connectivity index (χ1n) is 6.16. The molecule has 94 valence electrons. The first kappa shape index (κ1) is 12.5. The summed E-state index contributed by atoms with van der Waals surface area (Å²) in [5.74, 6) is 2.45. The highest BCUT2D eigenvalue weighted by molar-refractivity contribution is 6.18. The number of aromatic nitrogens is 1. The van der Waals surface area contributed by atoms with Crippen LogP contribution in [0.1, 0.15) is 26.7 Å². The molecular weight excluding hydrogens is 236 g/mol. The van der Waals surface area contributed by atoms with Gasteiger partial charge in [0.15, 0.2) is 11.6 Å². The lowest BCUT2D eigenvalue weighted by Gasteiger charge is -2.26. The van der Waals surface area contributed by atoms with E-state index >= 15 is 0 Å². The van der Waals surface area contributed by atoms with Crippen molar-refractivity contribution < 1.29 is 4.74 Å². The van der Waals surface area contributed by atoms with Gasteiger partial charge in [0.1, 0.15) is 0 Å². The summed E-state index contributed by atoms with van der Waals surface area (Å²) < 4.78 is 5.80. The summed E-state index contributed by atoms with van der Waals surface area (Å²) in [4.78, 5) is 6.72. The Morgan fingerprint density at radius 2 is 2.41 bits per heavy atom. The van der Waals surface area contributed by atoms with E-state index in [2.05, 4.69) is 9.88 Å². The van der Waals surface area contributed by atoms with Gasteiger partial charge in [0.05, 0.1) is 6.10 Å². The quantitative estimate of drug-likeness (QED) is 0.773. The van der Waals surface area contributed by atoms with Gasteiger partial charge in [-0.2, -0.15) is 0 Å². The number of alkyl halides is 1. The Morgan fingerprint density at radius 1 is 1.59 bits per heavy atom. The summed E-state index contributed by atoms with van der Waals surface area (Å²) in [5.41, 5.74) is 0. The molecule has 0 aliphatic carbocycles. The Balaban J connectivity index is 2.24. The Kier molecular flexibility index (Phi) is 4.11. The maximum absolute atomic E-state index is 6.00. The molecule has 1 atom stereocenters. The van der Waals surface area contributed by atoms with E-state index < -0.39 is 0 Å². The standard InChI is InChI=1S/C13H19ClN2O/c1-10(2)17-12-6-3-7-15-13(12)16-8-4-5-11(16)9-14/h3,6-7,10-11H,4-5,8-9H2,1-2H3. The number of hydrogen-bond acceptors (Lipinski definition) is 3. The molecule has 4 heteroatoms. The zero-order valence-electron chi connectivity index (χ0n) is 10.4. The molecule has 2 rings (SSSR count). The third-order valence-electron chi connectivity index (χ3n) is 2.94. The zero-order valence-corrected chi connectivity index (χ0v) is 11.2. The summed E-state index contributed by atoms with van der Waals surface area (Å²) in [6.07, 6.45) is 4.29. The first-order chi connectivity index (χ1) is 8.22. The van der Waals surface area contributed by atoms with Crippen molar-refractivity contribution in [2.45, 2.75) is 38.8 Å². The molecule has 1 aliphatic rings. The molecule has 0 bridgehead atoms. The van der Waals surface area contributed by atoms with Gasteiger partial charge < -0.3 is 9.64 Å². The average molecular weight is 255 g/mol. The molecule has 2 heterocycles. The van der Waals surface area contributed by atoms with Crippen LogP contribution >= 0.6 is 11.6 Å². The summed E-state index contributed by atoms with van der Waals surface area (Å²) >= 11 is 6.00. The van der Waals surface area contributed by atoms with E-state index in [0.717, 1.165) is 24.5 Å². The molecule has 1 aliphatic heterocycles. The van der Waals surface area contributed by atoms with Crippen molar-refractivity contribution in [1.82, 2.24) is 4.98 Å². The largest absolute Gasteiger partial charge is 0.487 e. The van der Waals surface area contributed by atoms with Crippen LogP contribution in [0.15, 0.2) is 18.3 Å². The Hall–Kier alpha value is -0.960. The third-order valence-corrected chi connectivity index (χ3v) is 3.30. The van der Waals surface area contributed by atoms with Crippen molar-refractivity contribution in [3.05, 3.63) is 18.3 Å². The van der Waals surface area contributed by atoms with Crippen LogP contribution in [-0.4, -0.2) is 29.6 Å². The maximum Gasteiger partial charge on any atom is 0.171 e. The highest BCUT2D eigenvalue weighted by atomic mass is 35.5. The molecule has 3 nitrogen and oxygen atoms in total. The molecule has 0 N–H and O–H groups in total. The van der Waals surface area contributed by atoms with Crippen LogP contribution in [0, 0.1) is 0 Å². The van der Waals surface area contributed by atoms with E-state index in [4.69, 9.17) is 16.3 Å². The molecule has 0 radical (unpaired) electrons. The number of rotatable bonds is 4. The highest BCUT2D eigenvalue weighted by Gasteiger charge is 2.27. The van der Waals surface area contributed by atoms with Crippen LogP contribution in [0.5, 0.6) is 5.75 Å². The zero-order chi connectivity index (χ0) is 12.3. The van der Waals surface area contributed by atoms with Crippen molar-refractivity contribution in [2.75, 3.05) is 17.3 Å². The number of hydrogen-bond donors (Lipinski definition) is 0. The Morgan fingerprint density at radius 3 is 3.12 bits per heavy atom. The van der Waals surface area contributed by atoms with Gasteiger partial charge in [-0.25, -0.2) is 4.98 Å². The van der Waals surface area contributed by atoms with Crippen LogP contribution in [-0.2, 0) is 0 Å². The van der Waals surface area contributed by atoms with Crippen molar-refractivity contribution in [3.63, 3.8) is 0 Å². The van der Waals surface area contributed by atoms with E-state index in [1.165, 1.54) is 6.42 Å². The molecule has 0 aromatic carbocycles. The minimum absolute atomic E-state index is 0.162. The van der Waals surface area contributed by atoms with Gasteiger partial charge in [-0.1, -0.05) is 0 Å². The van der Waals surface area contributed by atoms with E-state index in [9.17, 15) is 0 Å². The van der Waals surface area contributed by atoms with E-state index in [0.29, 0.717) is 11.9 Å². The minimum atomic E-state index is 0.162. The van der Waals surface area contributed by atoms with Gasteiger partial charge in [0.2, 0.25) is 0 Å². The number of anilines is 1. The van der Waals surface area contributed by atoms with Gasteiger partial charge in [-0.05, 0) is 38.8 Å². The van der Waals surface area contributed by atoms with Crippen LogP contribution in [0.4, 0.5) is 5.82 Å². The van der Waals surface area contributed by atoms with Crippen molar-refractivity contribution >= 4 is 17.4 Å². The molecule has 0 spiro atoms. The number of nitrogens with zero attached hydrogens (tertiary/aromatic N) is 2. The fraction of sp³-hybridized carbons (Fsp3) is 0.615. The van der Waals surface area contributed by atoms with E-state index in [-0.39, 0.29) is 6.10 Å². The van der Waals surface area contributed by atoms with Crippen LogP contribution in [0.25, 0.3) is 0 Å².